The van der Waals surface area contributed by atoms with Crippen LogP contribution in [0.25, 0.3) is 0 Å². The smallest absolute Gasteiger partial charge is 0.276 e. The number of nitro benzene ring substituents is 2. The Balaban J connectivity index is 2.33. The van der Waals surface area contributed by atoms with Crippen LogP contribution in [0.3, 0.4) is 0 Å². The molecule has 0 saturated carbocycles. The number of rotatable bonds is 8. The molecule has 0 atom stereocenters. The normalized spacial score (nSPS) is 10.4. The number of nitro groups is 2. The fourth-order valence-corrected chi connectivity index (χ4v) is 3.08. The quantitative estimate of drug-likeness (QED) is 0.357. The Bertz CT molecular complexity index is 840. The fraction of sp³-hybridized carbons (Fsp3) is 0.294. The number of ether oxygens (including phenoxy) is 2. The molecule has 8 nitrogen and oxygen atoms in total. The minimum absolute atomic E-state index is 0.0289. The molecule has 0 saturated heterocycles. The van der Waals surface area contributed by atoms with Crippen LogP contribution in [0, 0.1) is 20.2 Å². The van der Waals surface area contributed by atoms with Crippen LogP contribution in [0.15, 0.2) is 30.3 Å². The molecule has 26 heavy (non-hydrogen) atoms. The van der Waals surface area contributed by atoms with E-state index in [1.54, 1.807) is 18.2 Å². The number of alkyl halides is 1. The highest BCUT2D eigenvalue weighted by Crippen LogP contribution is 2.35. The van der Waals surface area contributed by atoms with Crippen molar-refractivity contribution in [2.45, 2.75) is 18.2 Å². The standard InChI is InChI=1S/C17H17BrN2O6/c1-25-16-8-12(15(20(23)24)9-17(16)26-2)5-3-11-4-6-13(10-18)14(7-11)19(21)22/h4,6-9H,3,5,10H2,1-2H3. The molecule has 0 N–H and O–H groups in total. The largest absolute Gasteiger partial charge is 0.493 e. The van der Waals surface area contributed by atoms with Gasteiger partial charge in [0.15, 0.2) is 11.5 Å². The number of benzene rings is 2. The molecule has 0 aliphatic carbocycles. The second-order valence-corrected chi connectivity index (χ2v) is 6.01. The Morgan fingerprint density at radius 2 is 1.46 bits per heavy atom. The van der Waals surface area contributed by atoms with E-state index < -0.39 is 9.85 Å². The number of hydrogen-bond acceptors (Lipinski definition) is 6. The number of hydrogen-bond donors (Lipinski definition) is 0. The molecule has 0 amide bonds. The molecule has 0 aliphatic heterocycles. The zero-order chi connectivity index (χ0) is 19.3. The second kappa shape index (κ2) is 8.61. The van der Waals surface area contributed by atoms with E-state index in [1.165, 1.54) is 26.4 Å². The van der Waals surface area contributed by atoms with Crippen molar-refractivity contribution in [3.8, 4) is 11.5 Å². The Morgan fingerprint density at radius 1 is 0.885 bits per heavy atom. The molecule has 2 rings (SSSR count). The van der Waals surface area contributed by atoms with Gasteiger partial charge in [0.1, 0.15) is 0 Å². The summed E-state index contributed by atoms with van der Waals surface area (Å²) in [6, 6.07) is 7.87. The number of nitrogens with zero attached hydrogens (tertiary/aromatic N) is 2. The first kappa shape index (κ1) is 19.6. The van der Waals surface area contributed by atoms with Gasteiger partial charge in [-0.25, -0.2) is 0 Å². The average Bonchev–Trinajstić information content (AvgIpc) is 2.64. The number of halogens is 1. The van der Waals surface area contributed by atoms with E-state index in [1.807, 2.05) is 0 Å². The van der Waals surface area contributed by atoms with Crippen LogP contribution in [0.5, 0.6) is 11.5 Å². The maximum Gasteiger partial charge on any atom is 0.276 e. The van der Waals surface area contributed by atoms with Gasteiger partial charge < -0.3 is 9.47 Å². The molecule has 0 fully saturated rings. The van der Waals surface area contributed by atoms with Gasteiger partial charge in [0.2, 0.25) is 0 Å². The lowest BCUT2D eigenvalue weighted by Crippen LogP contribution is -2.02. The molecule has 0 aromatic heterocycles. The third-order valence-corrected chi connectivity index (χ3v) is 4.56. The minimum atomic E-state index is -0.478. The van der Waals surface area contributed by atoms with Crippen molar-refractivity contribution in [3.05, 3.63) is 67.3 Å². The maximum absolute atomic E-state index is 11.3. The van der Waals surface area contributed by atoms with E-state index in [9.17, 15) is 20.2 Å². The Kier molecular flexibility index (Phi) is 6.51. The Hall–Kier alpha value is -2.68. The van der Waals surface area contributed by atoms with Crippen molar-refractivity contribution < 1.29 is 19.3 Å². The fourth-order valence-electron chi connectivity index (χ4n) is 2.61. The van der Waals surface area contributed by atoms with Crippen molar-refractivity contribution in [2.75, 3.05) is 14.2 Å². The zero-order valence-electron chi connectivity index (χ0n) is 14.2. The van der Waals surface area contributed by atoms with Crippen LogP contribution >= 0.6 is 15.9 Å². The number of methoxy groups -OCH3 is 2. The van der Waals surface area contributed by atoms with Crippen molar-refractivity contribution in [3.63, 3.8) is 0 Å². The van der Waals surface area contributed by atoms with Gasteiger partial charge in [-0.15, -0.1) is 0 Å². The van der Waals surface area contributed by atoms with E-state index in [0.717, 1.165) is 5.56 Å². The third-order valence-electron chi connectivity index (χ3n) is 3.95. The molecule has 2 aromatic carbocycles. The molecular weight excluding hydrogens is 408 g/mol. The molecule has 0 heterocycles. The van der Waals surface area contributed by atoms with Gasteiger partial charge in [-0.05, 0) is 24.5 Å². The number of aryl methyl sites for hydroxylation is 2. The van der Waals surface area contributed by atoms with Gasteiger partial charge in [-0.3, -0.25) is 20.2 Å². The third kappa shape index (κ3) is 4.29. The summed E-state index contributed by atoms with van der Waals surface area (Å²) < 4.78 is 10.3. The highest BCUT2D eigenvalue weighted by Gasteiger charge is 2.20. The highest BCUT2D eigenvalue weighted by atomic mass is 79.9. The molecular formula is C17H17BrN2O6. The van der Waals surface area contributed by atoms with Crippen molar-refractivity contribution in [2.24, 2.45) is 0 Å². The van der Waals surface area contributed by atoms with Crippen LogP contribution in [-0.4, -0.2) is 24.1 Å². The topological polar surface area (TPSA) is 105 Å². The van der Waals surface area contributed by atoms with Crippen molar-refractivity contribution >= 4 is 27.3 Å². The van der Waals surface area contributed by atoms with Gasteiger partial charge in [0.05, 0.1) is 30.1 Å². The van der Waals surface area contributed by atoms with Gasteiger partial charge >= 0.3 is 0 Å². The van der Waals surface area contributed by atoms with E-state index in [-0.39, 0.29) is 17.1 Å². The van der Waals surface area contributed by atoms with Crippen molar-refractivity contribution in [1.29, 1.82) is 0 Å². The summed E-state index contributed by atoms with van der Waals surface area (Å²) in [6.45, 7) is 0. The lowest BCUT2D eigenvalue weighted by molar-refractivity contribution is -0.385. The summed E-state index contributed by atoms with van der Waals surface area (Å²) in [4.78, 5) is 21.6. The lowest BCUT2D eigenvalue weighted by atomic mass is 10.0. The highest BCUT2D eigenvalue weighted by molar-refractivity contribution is 9.08. The van der Waals surface area contributed by atoms with Gasteiger partial charge in [0.25, 0.3) is 11.4 Å². The van der Waals surface area contributed by atoms with Crippen LogP contribution in [0.1, 0.15) is 16.7 Å². The Labute approximate surface area is 158 Å². The summed E-state index contributed by atoms with van der Waals surface area (Å²) in [5.74, 6) is 0.675. The summed E-state index contributed by atoms with van der Waals surface area (Å²) in [5, 5.41) is 22.9. The summed E-state index contributed by atoms with van der Waals surface area (Å²) >= 11 is 3.23. The van der Waals surface area contributed by atoms with E-state index in [4.69, 9.17) is 9.47 Å². The maximum atomic E-state index is 11.3. The first-order valence-electron chi connectivity index (χ1n) is 7.62. The lowest BCUT2D eigenvalue weighted by Gasteiger charge is -2.11. The van der Waals surface area contributed by atoms with Crippen LogP contribution in [0.4, 0.5) is 11.4 Å². The minimum Gasteiger partial charge on any atom is -0.493 e. The first-order valence-corrected chi connectivity index (χ1v) is 8.74. The molecule has 9 heteroatoms. The summed E-state index contributed by atoms with van der Waals surface area (Å²) in [6.07, 6.45) is 0.751. The van der Waals surface area contributed by atoms with Gasteiger partial charge in [-0.2, -0.15) is 0 Å². The molecule has 0 bridgehead atoms. The molecule has 138 valence electrons. The first-order chi connectivity index (χ1) is 12.4. The second-order valence-electron chi connectivity index (χ2n) is 5.45. The summed E-state index contributed by atoms with van der Waals surface area (Å²) in [5.41, 5.74) is 1.73. The molecule has 0 unspecified atom stereocenters. The SMILES string of the molecule is COc1cc(CCc2ccc(CBr)c([N+](=O)[O-])c2)c([N+](=O)[O-])cc1OC. The van der Waals surface area contributed by atoms with Crippen LogP contribution < -0.4 is 9.47 Å². The molecule has 0 radical (unpaired) electrons. The van der Waals surface area contributed by atoms with Gasteiger partial charge in [-0.1, -0.05) is 28.1 Å². The molecule has 0 aliphatic rings. The predicted octanol–water partition coefficient (Wildman–Crippen LogP) is 4.20. The van der Waals surface area contributed by atoms with E-state index in [2.05, 4.69) is 15.9 Å². The van der Waals surface area contributed by atoms with E-state index >= 15 is 0 Å². The van der Waals surface area contributed by atoms with E-state index in [0.29, 0.717) is 35.0 Å². The van der Waals surface area contributed by atoms with Gasteiger partial charge in [0, 0.05) is 22.5 Å². The monoisotopic (exact) mass is 424 g/mol. The summed E-state index contributed by atoms with van der Waals surface area (Å²) in [7, 11) is 2.86. The van der Waals surface area contributed by atoms with Crippen LogP contribution in [-0.2, 0) is 18.2 Å². The average molecular weight is 425 g/mol. The molecule has 2 aromatic rings. The van der Waals surface area contributed by atoms with Crippen molar-refractivity contribution in [1.82, 2.24) is 0 Å². The Morgan fingerprint density at radius 3 is 2.00 bits per heavy atom. The van der Waals surface area contributed by atoms with Crippen LogP contribution in [0.2, 0.25) is 0 Å². The zero-order valence-corrected chi connectivity index (χ0v) is 15.8. The molecule has 0 spiro atoms. The predicted molar refractivity (Wildman–Crippen MR) is 99.3 cm³/mol.